The van der Waals surface area contributed by atoms with Crippen LogP contribution >= 0.6 is 11.8 Å². The van der Waals surface area contributed by atoms with E-state index in [1.54, 1.807) is 52.0 Å². The van der Waals surface area contributed by atoms with Gasteiger partial charge in [-0.3, -0.25) is 19.9 Å². The number of aromatic nitrogens is 3. The van der Waals surface area contributed by atoms with E-state index in [1.165, 1.54) is 6.08 Å². The average Bonchev–Trinajstić information content (AvgIpc) is 3.14. The summed E-state index contributed by atoms with van der Waals surface area (Å²) in [5, 5.41) is 25.4. The number of nitrogens with one attached hydrogen (secondary N) is 1. The minimum absolute atomic E-state index is 0.127. The number of carbonyl (C=O) groups excluding carboxylic acids is 2. The van der Waals surface area contributed by atoms with Crippen molar-refractivity contribution in [3.8, 4) is 0 Å². The highest BCUT2D eigenvalue weighted by molar-refractivity contribution is 7.99. The summed E-state index contributed by atoms with van der Waals surface area (Å²) >= 11 is 1.79. The van der Waals surface area contributed by atoms with E-state index in [2.05, 4.69) is 16.9 Å². The number of benzene rings is 1. The lowest BCUT2D eigenvalue weighted by molar-refractivity contribution is -0.273. The fourth-order valence-electron chi connectivity index (χ4n) is 5.65. The van der Waals surface area contributed by atoms with Crippen LogP contribution in [0.5, 0.6) is 0 Å². The van der Waals surface area contributed by atoms with Crippen LogP contribution in [0.3, 0.4) is 0 Å². The van der Waals surface area contributed by atoms with Gasteiger partial charge in [0, 0.05) is 60.7 Å². The molecule has 4 heterocycles. The van der Waals surface area contributed by atoms with Crippen molar-refractivity contribution in [3.05, 3.63) is 65.5 Å². The van der Waals surface area contributed by atoms with Gasteiger partial charge in [-0.2, -0.15) is 11.8 Å². The van der Waals surface area contributed by atoms with E-state index in [-0.39, 0.29) is 17.9 Å². The van der Waals surface area contributed by atoms with Crippen molar-refractivity contribution in [1.29, 1.82) is 0 Å². The Labute approximate surface area is 238 Å². The van der Waals surface area contributed by atoms with Crippen molar-refractivity contribution < 1.29 is 19.8 Å². The first-order chi connectivity index (χ1) is 19.2. The Kier molecular flexibility index (Phi) is 8.27. The molecule has 2 saturated heterocycles. The molecule has 1 aromatic carbocycles. The number of thioether (sulfide) groups is 1. The van der Waals surface area contributed by atoms with Crippen molar-refractivity contribution in [1.82, 2.24) is 24.3 Å². The Morgan fingerprint density at radius 2 is 1.93 bits per heavy atom. The summed E-state index contributed by atoms with van der Waals surface area (Å²) in [6.45, 7) is 9.61. The third-order valence-electron chi connectivity index (χ3n) is 7.70. The van der Waals surface area contributed by atoms with Crippen LogP contribution in [0.1, 0.15) is 52.5 Å². The fourth-order valence-corrected chi connectivity index (χ4v) is 6.55. The number of hydrogen-bond acceptors (Lipinski definition) is 8. The molecule has 2 aliphatic rings. The number of pyridine rings is 1. The molecule has 2 amide bonds. The van der Waals surface area contributed by atoms with E-state index in [0.717, 1.165) is 47.5 Å². The smallest absolute Gasteiger partial charge is 0.258 e. The first-order valence-corrected chi connectivity index (χ1v) is 14.8. The maximum atomic E-state index is 13.3. The Balaban J connectivity index is 1.60. The average molecular weight is 565 g/mol. The number of anilines is 1. The largest absolute Gasteiger partial charge is 0.349 e. The minimum Gasteiger partial charge on any atom is -0.349 e. The topological polar surface area (TPSA) is 124 Å². The molecule has 0 aliphatic carbocycles. The molecule has 1 atom stereocenters. The van der Waals surface area contributed by atoms with Gasteiger partial charge in [0.05, 0.1) is 17.1 Å². The number of fused-ring (bicyclic) bond motifs is 1. The van der Waals surface area contributed by atoms with Crippen molar-refractivity contribution in [2.45, 2.75) is 45.1 Å². The van der Waals surface area contributed by atoms with Crippen LogP contribution < -0.4 is 5.32 Å². The molecule has 40 heavy (non-hydrogen) atoms. The lowest BCUT2D eigenvalue weighted by Crippen LogP contribution is -2.50. The quantitative estimate of drug-likeness (QED) is 0.308. The monoisotopic (exact) mass is 564 g/mol. The molecule has 0 saturated carbocycles. The fraction of sp³-hybridized carbons (Fsp3) is 0.448. The predicted molar refractivity (Wildman–Crippen MR) is 156 cm³/mol. The first-order valence-electron chi connectivity index (χ1n) is 13.6. The van der Waals surface area contributed by atoms with Crippen LogP contribution in [0.2, 0.25) is 0 Å². The molecule has 0 radical (unpaired) electrons. The normalized spacial score (nSPS) is 18.9. The lowest BCUT2D eigenvalue weighted by atomic mass is 10.0. The molecular weight excluding hydrogens is 528 g/mol. The van der Waals surface area contributed by atoms with E-state index in [9.17, 15) is 19.8 Å². The van der Waals surface area contributed by atoms with Gasteiger partial charge in [0.1, 0.15) is 0 Å². The Morgan fingerprint density at radius 3 is 2.65 bits per heavy atom. The van der Waals surface area contributed by atoms with Gasteiger partial charge >= 0.3 is 0 Å². The van der Waals surface area contributed by atoms with Crippen molar-refractivity contribution in [2.75, 3.05) is 43.0 Å². The van der Waals surface area contributed by atoms with Crippen molar-refractivity contribution in [2.24, 2.45) is 0 Å². The zero-order valence-electron chi connectivity index (χ0n) is 23.0. The van der Waals surface area contributed by atoms with Crippen LogP contribution in [0.25, 0.3) is 11.0 Å². The van der Waals surface area contributed by atoms with Crippen molar-refractivity contribution in [3.63, 3.8) is 0 Å². The highest BCUT2D eigenvalue weighted by atomic mass is 32.2. The van der Waals surface area contributed by atoms with E-state index < -0.39 is 5.91 Å². The molecule has 5 rings (SSSR count). The number of nitrogens with zero attached hydrogens (tertiary/aromatic N) is 5. The predicted octanol–water partition coefficient (Wildman–Crippen LogP) is 3.18. The molecule has 3 N–H and O–H groups in total. The standard InChI is InChI=1S/C29H36N6O4S/c1-4-25(36)33-10-6-5-7-23(18-33)35-26-19(2)15-22(29(38,39)34-11-13-40-14-12-34)17-24(26)31-28(35)32-27(37)21-8-9-30-20(3)16-21/h4,8-9,15-17,23,38-39H,1,5-7,10-14,18H2,2-3H3,(H,31,32,37). The number of carbonyl (C=O) groups is 2. The van der Waals surface area contributed by atoms with Crippen LogP contribution in [-0.4, -0.2) is 84.0 Å². The summed E-state index contributed by atoms with van der Waals surface area (Å²) in [6, 6.07) is 6.68. The zero-order chi connectivity index (χ0) is 28.4. The number of imidazole rings is 1. The lowest BCUT2D eigenvalue weighted by Gasteiger charge is -2.37. The van der Waals surface area contributed by atoms with Gasteiger partial charge in [0.2, 0.25) is 11.9 Å². The third-order valence-corrected chi connectivity index (χ3v) is 8.64. The van der Waals surface area contributed by atoms with Gasteiger partial charge in [0.15, 0.2) is 0 Å². The molecule has 0 bridgehead atoms. The van der Waals surface area contributed by atoms with Gasteiger partial charge in [-0.1, -0.05) is 6.58 Å². The van der Waals surface area contributed by atoms with Crippen LogP contribution in [0, 0.1) is 13.8 Å². The molecule has 212 valence electrons. The summed E-state index contributed by atoms with van der Waals surface area (Å²) in [5.74, 6) is -0.591. The Hall–Kier alpha value is -3.25. The second-order valence-corrected chi connectivity index (χ2v) is 11.7. The van der Waals surface area contributed by atoms with Gasteiger partial charge in [-0.25, -0.2) is 9.88 Å². The number of aryl methyl sites for hydroxylation is 2. The van der Waals surface area contributed by atoms with E-state index in [0.29, 0.717) is 48.8 Å². The number of hydrogen-bond donors (Lipinski definition) is 3. The highest BCUT2D eigenvalue weighted by Gasteiger charge is 2.36. The zero-order valence-corrected chi connectivity index (χ0v) is 23.8. The van der Waals surface area contributed by atoms with Gasteiger partial charge < -0.3 is 19.7 Å². The van der Waals surface area contributed by atoms with E-state index in [1.807, 2.05) is 18.4 Å². The Bertz CT molecular complexity index is 1430. The molecule has 10 nitrogen and oxygen atoms in total. The number of likely N-dealkylation sites (tertiary alicyclic amines) is 1. The van der Waals surface area contributed by atoms with E-state index >= 15 is 0 Å². The summed E-state index contributed by atoms with van der Waals surface area (Å²) in [7, 11) is 0. The number of rotatable bonds is 6. The SMILES string of the molecule is C=CC(=O)N1CCCCC(n2c(NC(=O)c3ccnc(C)c3)nc3cc(C(O)(O)N4CCSCC4)cc(C)c32)C1. The first kappa shape index (κ1) is 28.3. The highest BCUT2D eigenvalue weighted by Crippen LogP contribution is 2.35. The maximum absolute atomic E-state index is 13.3. The second kappa shape index (κ2) is 11.7. The molecule has 3 aromatic rings. The molecule has 2 aliphatic heterocycles. The molecule has 11 heteroatoms. The molecule has 2 fully saturated rings. The van der Waals surface area contributed by atoms with Gasteiger partial charge in [-0.05, 0) is 69.0 Å². The number of aliphatic hydroxyl groups is 2. The molecular formula is C29H36N6O4S. The minimum atomic E-state index is -2.14. The van der Waals surface area contributed by atoms with Crippen LogP contribution in [0.15, 0.2) is 43.1 Å². The molecule has 1 unspecified atom stereocenters. The summed E-state index contributed by atoms with van der Waals surface area (Å²) in [5.41, 5.74) is 3.64. The van der Waals surface area contributed by atoms with Crippen molar-refractivity contribution >= 4 is 40.6 Å². The molecule has 2 aromatic heterocycles. The van der Waals surface area contributed by atoms with Gasteiger partial charge in [0.25, 0.3) is 11.8 Å². The summed E-state index contributed by atoms with van der Waals surface area (Å²) in [4.78, 5) is 38.4. The van der Waals surface area contributed by atoms with Gasteiger partial charge in [-0.15, -0.1) is 0 Å². The van der Waals surface area contributed by atoms with E-state index in [4.69, 9.17) is 4.98 Å². The molecule has 0 spiro atoms. The Morgan fingerprint density at radius 1 is 1.15 bits per heavy atom. The third kappa shape index (κ3) is 5.64. The summed E-state index contributed by atoms with van der Waals surface area (Å²) < 4.78 is 2.00. The second-order valence-electron chi connectivity index (χ2n) is 10.5. The van der Waals surface area contributed by atoms with Crippen LogP contribution in [0.4, 0.5) is 5.95 Å². The number of amides is 2. The maximum Gasteiger partial charge on any atom is 0.258 e. The summed E-state index contributed by atoms with van der Waals surface area (Å²) in [6.07, 6.45) is 5.49. The van der Waals surface area contributed by atoms with Crippen LogP contribution in [-0.2, 0) is 10.7 Å².